The van der Waals surface area contributed by atoms with Gasteiger partial charge in [0.1, 0.15) is 0 Å². The molecule has 0 unspecified atom stereocenters. The average Bonchev–Trinajstić information content (AvgIpc) is 2.95. The number of hydrogen-bond donors (Lipinski definition) is 0. The SMILES string of the molecule is CCCN1C(=O)N(C(=O)CC)[C@@H](c2ccccc2)[C@@H]1c1ccccc1. The van der Waals surface area contributed by atoms with Crippen molar-refractivity contribution in [3.05, 3.63) is 71.8 Å². The van der Waals surface area contributed by atoms with E-state index < -0.39 is 0 Å². The van der Waals surface area contributed by atoms with Gasteiger partial charge in [0.05, 0.1) is 12.1 Å². The summed E-state index contributed by atoms with van der Waals surface area (Å²) >= 11 is 0. The van der Waals surface area contributed by atoms with Crippen molar-refractivity contribution in [1.82, 2.24) is 9.80 Å². The fourth-order valence-corrected chi connectivity index (χ4v) is 3.59. The zero-order chi connectivity index (χ0) is 17.8. The Morgan fingerprint density at radius 3 is 1.88 bits per heavy atom. The fraction of sp³-hybridized carbons (Fsp3) is 0.333. The topological polar surface area (TPSA) is 40.6 Å². The lowest BCUT2D eigenvalue weighted by Crippen LogP contribution is -2.37. The molecule has 0 spiro atoms. The van der Waals surface area contributed by atoms with Gasteiger partial charge in [-0.2, -0.15) is 0 Å². The molecule has 2 aromatic rings. The summed E-state index contributed by atoms with van der Waals surface area (Å²) in [5.74, 6) is -0.126. The van der Waals surface area contributed by atoms with Crippen LogP contribution in [0, 0.1) is 0 Å². The van der Waals surface area contributed by atoms with Gasteiger partial charge in [0, 0.05) is 13.0 Å². The summed E-state index contributed by atoms with van der Waals surface area (Å²) in [4.78, 5) is 29.0. The third-order valence-corrected chi connectivity index (χ3v) is 4.68. The lowest BCUT2D eigenvalue weighted by molar-refractivity contribution is -0.129. The summed E-state index contributed by atoms with van der Waals surface area (Å²) in [7, 11) is 0. The first-order valence-electron chi connectivity index (χ1n) is 8.91. The summed E-state index contributed by atoms with van der Waals surface area (Å²) in [5.41, 5.74) is 2.05. The van der Waals surface area contributed by atoms with Gasteiger partial charge in [0.15, 0.2) is 0 Å². The van der Waals surface area contributed by atoms with Crippen LogP contribution in [-0.2, 0) is 4.79 Å². The molecule has 3 amide bonds. The molecule has 25 heavy (non-hydrogen) atoms. The Labute approximate surface area is 149 Å². The Bertz CT molecular complexity index is 730. The molecule has 130 valence electrons. The molecule has 1 saturated heterocycles. The third kappa shape index (κ3) is 3.16. The zero-order valence-corrected chi connectivity index (χ0v) is 14.8. The Kier molecular flexibility index (Phi) is 5.17. The largest absolute Gasteiger partial charge is 0.327 e. The van der Waals surface area contributed by atoms with Crippen molar-refractivity contribution in [2.24, 2.45) is 0 Å². The highest BCUT2D eigenvalue weighted by molar-refractivity contribution is 5.97. The van der Waals surface area contributed by atoms with Crippen molar-refractivity contribution in [1.29, 1.82) is 0 Å². The lowest BCUT2D eigenvalue weighted by Gasteiger charge is -2.28. The summed E-state index contributed by atoms with van der Waals surface area (Å²) in [6.07, 6.45) is 1.17. The number of benzene rings is 2. The number of carbonyl (C=O) groups is 2. The molecule has 0 aliphatic carbocycles. The van der Waals surface area contributed by atoms with Gasteiger partial charge in [-0.3, -0.25) is 9.69 Å². The fourth-order valence-electron chi connectivity index (χ4n) is 3.59. The van der Waals surface area contributed by atoms with E-state index in [1.165, 1.54) is 4.90 Å². The van der Waals surface area contributed by atoms with Crippen LogP contribution >= 0.6 is 0 Å². The van der Waals surface area contributed by atoms with Crippen LogP contribution in [-0.4, -0.2) is 28.3 Å². The number of rotatable bonds is 5. The average molecular weight is 336 g/mol. The summed E-state index contributed by atoms with van der Waals surface area (Å²) < 4.78 is 0. The Morgan fingerprint density at radius 2 is 1.40 bits per heavy atom. The lowest BCUT2D eigenvalue weighted by atomic mass is 9.93. The summed E-state index contributed by atoms with van der Waals surface area (Å²) in [6, 6.07) is 19.2. The molecule has 1 fully saturated rings. The molecule has 0 bridgehead atoms. The molecule has 4 nitrogen and oxygen atoms in total. The number of imide groups is 1. The number of carbonyl (C=O) groups excluding carboxylic acids is 2. The van der Waals surface area contributed by atoms with E-state index in [2.05, 4.69) is 6.92 Å². The van der Waals surface area contributed by atoms with Gasteiger partial charge in [-0.25, -0.2) is 4.79 Å². The normalized spacial score (nSPS) is 20.2. The molecular formula is C21H24N2O2. The number of nitrogens with zero attached hydrogens (tertiary/aromatic N) is 2. The number of amides is 3. The van der Waals surface area contributed by atoms with E-state index in [0.717, 1.165) is 17.5 Å². The van der Waals surface area contributed by atoms with Crippen molar-refractivity contribution in [2.45, 2.75) is 38.8 Å². The van der Waals surface area contributed by atoms with Crippen molar-refractivity contribution in [2.75, 3.05) is 6.54 Å². The van der Waals surface area contributed by atoms with Crippen molar-refractivity contribution in [3.63, 3.8) is 0 Å². The van der Waals surface area contributed by atoms with Gasteiger partial charge < -0.3 is 4.90 Å². The van der Waals surface area contributed by atoms with E-state index in [4.69, 9.17) is 0 Å². The molecule has 0 N–H and O–H groups in total. The highest BCUT2D eigenvalue weighted by Crippen LogP contribution is 2.45. The quantitative estimate of drug-likeness (QED) is 0.803. The van der Waals surface area contributed by atoms with Crippen LogP contribution in [0.15, 0.2) is 60.7 Å². The zero-order valence-electron chi connectivity index (χ0n) is 14.8. The first-order valence-corrected chi connectivity index (χ1v) is 8.91. The van der Waals surface area contributed by atoms with Gasteiger partial charge in [0.25, 0.3) is 0 Å². The van der Waals surface area contributed by atoms with Gasteiger partial charge >= 0.3 is 6.03 Å². The molecule has 3 rings (SSSR count). The smallest absolute Gasteiger partial charge is 0.315 e. The molecular weight excluding hydrogens is 312 g/mol. The number of urea groups is 1. The first-order chi connectivity index (χ1) is 12.2. The van der Waals surface area contributed by atoms with Crippen LogP contribution in [0.3, 0.4) is 0 Å². The van der Waals surface area contributed by atoms with Crippen molar-refractivity contribution < 1.29 is 9.59 Å². The van der Waals surface area contributed by atoms with Gasteiger partial charge in [-0.1, -0.05) is 74.5 Å². The van der Waals surface area contributed by atoms with Crippen molar-refractivity contribution >= 4 is 11.9 Å². The highest BCUT2D eigenvalue weighted by Gasteiger charge is 2.48. The molecule has 0 radical (unpaired) electrons. The van der Waals surface area contributed by atoms with Gasteiger partial charge in [-0.15, -0.1) is 0 Å². The van der Waals surface area contributed by atoms with Crippen LogP contribution in [0.4, 0.5) is 4.79 Å². The van der Waals surface area contributed by atoms with Gasteiger partial charge in [-0.05, 0) is 17.5 Å². The summed E-state index contributed by atoms with van der Waals surface area (Å²) in [6.45, 7) is 4.49. The second-order valence-corrected chi connectivity index (χ2v) is 6.30. The molecule has 2 aromatic carbocycles. The minimum Gasteiger partial charge on any atom is -0.315 e. The highest BCUT2D eigenvalue weighted by atomic mass is 16.2. The standard InChI is InChI=1S/C21H24N2O2/c1-3-15-22-19(16-11-7-5-8-12-16)20(17-13-9-6-10-14-17)23(21(22)25)18(24)4-2/h5-14,19-20H,3-4,15H2,1-2H3/t19-,20-/m0/s1. The van der Waals surface area contributed by atoms with Crippen LogP contribution < -0.4 is 0 Å². The molecule has 1 aliphatic heterocycles. The molecule has 2 atom stereocenters. The van der Waals surface area contributed by atoms with Crippen LogP contribution in [0.5, 0.6) is 0 Å². The molecule has 4 heteroatoms. The second-order valence-electron chi connectivity index (χ2n) is 6.30. The predicted molar refractivity (Wildman–Crippen MR) is 97.9 cm³/mol. The molecule has 0 aromatic heterocycles. The summed E-state index contributed by atoms with van der Waals surface area (Å²) in [5, 5.41) is 0. The second kappa shape index (κ2) is 7.51. The van der Waals surface area contributed by atoms with E-state index in [9.17, 15) is 9.59 Å². The predicted octanol–water partition coefficient (Wildman–Crippen LogP) is 4.55. The Balaban J connectivity index is 2.14. The van der Waals surface area contributed by atoms with E-state index in [0.29, 0.717) is 13.0 Å². The minimum atomic E-state index is -0.296. The minimum absolute atomic E-state index is 0.126. The Hall–Kier alpha value is -2.62. The van der Waals surface area contributed by atoms with Gasteiger partial charge in [0.2, 0.25) is 5.91 Å². The first kappa shape index (κ1) is 17.2. The maximum absolute atomic E-state index is 13.1. The van der Waals surface area contributed by atoms with Crippen LogP contribution in [0.1, 0.15) is 49.9 Å². The molecule has 0 saturated carbocycles. The number of hydrogen-bond acceptors (Lipinski definition) is 2. The van der Waals surface area contributed by atoms with Crippen LogP contribution in [0.2, 0.25) is 0 Å². The van der Waals surface area contributed by atoms with Crippen molar-refractivity contribution in [3.8, 4) is 0 Å². The monoisotopic (exact) mass is 336 g/mol. The third-order valence-electron chi connectivity index (χ3n) is 4.68. The van der Waals surface area contributed by atoms with E-state index in [1.807, 2.05) is 65.6 Å². The van der Waals surface area contributed by atoms with E-state index >= 15 is 0 Å². The molecule has 1 heterocycles. The van der Waals surface area contributed by atoms with E-state index in [-0.39, 0.29) is 24.0 Å². The molecule has 1 aliphatic rings. The maximum atomic E-state index is 13.1. The van der Waals surface area contributed by atoms with E-state index in [1.54, 1.807) is 6.92 Å². The van der Waals surface area contributed by atoms with Crippen LogP contribution in [0.25, 0.3) is 0 Å². The Morgan fingerprint density at radius 1 is 0.880 bits per heavy atom. The maximum Gasteiger partial charge on any atom is 0.327 e.